The maximum absolute atomic E-state index is 13.1. The molecule has 0 spiro atoms. The van der Waals surface area contributed by atoms with Crippen LogP contribution in [-0.2, 0) is 17.8 Å². The number of hydrogen-bond acceptors (Lipinski definition) is 8. The summed E-state index contributed by atoms with van der Waals surface area (Å²) in [5, 5.41) is 32.4. The molecular weight excluding hydrogens is 558 g/mol. The van der Waals surface area contributed by atoms with Crippen LogP contribution in [0.15, 0.2) is 36.4 Å². The number of hydrogen-bond donors (Lipinski definition) is 3. The van der Waals surface area contributed by atoms with Crippen molar-refractivity contribution < 1.29 is 19.8 Å². The van der Waals surface area contributed by atoms with Crippen LogP contribution in [-0.4, -0.2) is 103 Å². The fourth-order valence-corrected chi connectivity index (χ4v) is 6.20. The molecule has 1 aromatic heterocycles. The molecule has 3 N–H and O–H groups in total. The van der Waals surface area contributed by atoms with Gasteiger partial charge in [-0.1, -0.05) is 19.1 Å². The van der Waals surface area contributed by atoms with Gasteiger partial charge >= 0.3 is 0 Å². The highest BCUT2D eigenvalue weighted by molar-refractivity contribution is 5.92. The van der Waals surface area contributed by atoms with Gasteiger partial charge in [0.1, 0.15) is 11.5 Å². The first-order chi connectivity index (χ1) is 21.1. The smallest absolute Gasteiger partial charge is 0.289 e. The minimum absolute atomic E-state index is 0.0118. The SMILES string of the molecule is CCc1cc(-c2nnc(C(=O)NC(C)C)n2-c2ccc(CN3CCN(CC4CCN(C(C)=O)CC4)CC3)cc2)c(O)cc1O. The number of rotatable bonds is 9. The minimum Gasteiger partial charge on any atom is -0.508 e. The lowest BCUT2D eigenvalue weighted by molar-refractivity contribution is -0.130. The van der Waals surface area contributed by atoms with Gasteiger partial charge < -0.3 is 25.3 Å². The highest BCUT2D eigenvalue weighted by Gasteiger charge is 2.26. The zero-order chi connectivity index (χ0) is 31.4. The lowest BCUT2D eigenvalue weighted by atomic mass is 9.96. The molecule has 3 aromatic rings. The quantitative estimate of drug-likeness (QED) is 0.340. The molecule has 2 aliphatic rings. The molecule has 2 fully saturated rings. The molecule has 2 saturated heterocycles. The van der Waals surface area contributed by atoms with E-state index in [1.165, 1.54) is 11.6 Å². The summed E-state index contributed by atoms with van der Waals surface area (Å²) in [7, 11) is 0. The van der Waals surface area contributed by atoms with Crippen molar-refractivity contribution in [1.82, 2.24) is 34.8 Å². The Kier molecular flexibility index (Phi) is 9.85. The number of piperazine rings is 1. The highest BCUT2D eigenvalue weighted by atomic mass is 16.3. The van der Waals surface area contributed by atoms with Gasteiger partial charge in [0.2, 0.25) is 11.7 Å². The van der Waals surface area contributed by atoms with Crippen LogP contribution in [0.4, 0.5) is 0 Å². The Balaban J connectivity index is 1.27. The fraction of sp³-hybridized carbons (Fsp3) is 0.515. The maximum Gasteiger partial charge on any atom is 0.289 e. The molecule has 11 heteroatoms. The number of benzene rings is 2. The largest absolute Gasteiger partial charge is 0.508 e. The summed E-state index contributed by atoms with van der Waals surface area (Å²) >= 11 is 0. The second-order valence-electron chi connectivity index (χ2n) is 12.4. The summed E-state index contributed by atoms with van der Waals surface area (Å²) < 4.78 is 1.66. The maximum atomic E-state index is 13.1. The lowest BCUT2D eigenvalue weighted by Gasteiger charge is -2.38. The fourth-order valence-electron chi connectivity index (χ4n) is 6.20. The molecule has 0 radical (unpaired) electrons. The molecule has 236 valence electrons. The minimum atomic E-state index is -0.362. The van der Waals surface area contributed by atoms with Crippen molar-refractivity contribution in [3.8, 4) is 28.6 Å². The normalized spacial score (nSPS) is 16.9. The van der Waals surface area contributed by atoms with E-state index < -0.39 is 0 Å². The van der Waals surface area contributed by atoms with Crippen LogP contribution in [0.2, 0.25) is 0 Å². The molecule has 0 atom stereocenters. The number of phenols is 2. The molecule has 2 aromatic carbocycles. The van der Waals surface area contributed by atoms with E-state index >= 15 is 0 Å². The van der Waals surface area contributed by atoms with Gasteiger partial charge in [-0.05, 0) is 68.4 Å². The van der Waals surface area contributed by atoms with Gasteiger partial charge in [-0.25, -0.2) is 0 Å². The van der Waals surface area contributed by atoms with Crippen LogP contribution >= 0.6 is 0 Å². The van der Waals surface area contributed by atoms with E-state index in [2.05, 4.69) is 37.4 Å². The standard InChI is InChI=1S/C33H45N7O4/c1-5-26-18-28(30(43)19-29(26)42)31-35-36-32(33(44)34-22(2)3)40(31)27-8-6-24(7-9-27)20-37-14-16-38(17-15-37)21-25-10-12-39(13-11-25)23(4)41/h6-9,18-19,22,25,42-43H,5,10-17,20-21H2,1-4H3,(H,34,44). The number of aromatic hydroxyl groups is 2. The van der Waals surface area contributed by atoms with Crippen molar-refractivity contribution in [2.75, 3.05) is 45.8 Å². The van der Waals surface area contributed by atoms with Crippen molar-refractivity contribution in [1.29, 1.82) is 0 Å². The van der Waals surface area contributed by atoms with Gasteiger partial charge in [0.05, 0.1) is 5.56 Å². The molecule has 0 aliphatic carbocycles. The summed E-state index contributed by atoms with van der Waals surface area (Å²) in [6.45, 7) is 15.1. The number of piperidine rings is 1. The van der Waals surface area contributed by atoms with E-state index in [1.807, 2.05) is 37.8 Å². The first-order valence-electron chi connectivity index (χ1n) is 15.7. The summed E-state index contributed by atoms with van der Waals surface area (Å²) in [6.07, 6.45) is 2.75. The van der Waals surface area contributed by atoms with Gasteiger partial charge in [0, 0.05) is 77.1 Å². The predicted molar refractivity (Wildman–Crippen MR) is 169 cm³/mol. The van der Waals surface area contributed by atoms with E-state index in [0.717, 1.165) is 65.2 Å². The number of aryl methyl sites for hydroxylation is 1. The van der Waals surface area contributed by atoms with E-state index in [0.29, 0.717) is 35.0 Å². The van der Waals surface area contributed by atoms with Gasteiger partial charge in [0.25, 0.3) is 5.91 Å². The molecule has 0 unspecified atom stereocenters. The summed E-state index contributed by atoms with van der Waals surface area (Å²) in [4.78, 5) is 31.7. The molecule has 3 heterocycles. The Morgan fingerprint density at radius 2 is 1.59 bits per heavy atom. The Bertz CT molecular complexity index is 1450. The molecule has 0 bridgehead atoms. The van der Waals surface area contributed by atoms with E-state index in [-0.39, 0.29) is 35.2 Å². The molecule has 0 saturated carbocycles. The number of nitrogens with one attached hydrogen (secondary N) is 1. The Morgan fingerprint density at radius 1 is 0.932 bits per heavy atom. The van der Waals surface area contributed by atoms with Crippen LogP contribution in [0.5, 0.6) is 11.5 Å². The predicted octanol–water partition coefficient (Wildman–Crippen LogP) is 3.42. The molecular formula is C33H45N7O4. The number of likely N-dealkylation sites (tertiary alicyclic amines) is 1. The Morgan fingerprint density at radius 3 is 2.20 bits per heavy atom. The monoisotopic (exact) mass is 603 g/mol. The zero-order valence-corrected chi connectivity index (χ0v) is 26.3. The third kappa shape index (κ3) is 7.22. The summed E-state index contributed by atoms with van der Waals surface area (Å²) in [6, 6.07) is 10.9. The van der Waals surface area contributed by atoms with Crippen molar-refractivity contribution in [2.45, 2.75) is 59.5 Å². The topological polar surface area (TPSA) is 127 Å². The summed E-state index contributed by atoms with van der Waals surface area (Å²) in [5.41, 5.74) is 2.92. The number of carbonyl (C=O) groups is 2. The van der Waals surface area contributed by atoms with Crippen LogP contribution in [0.3, 0.4) is 0 Å². The van der Waals surface area contributed by atoms with E-state index in [9.17, 15) is 19.8 Å². The number of aromatic nitrogens is 3. The molecule has 44 heavy (non-hydrogen) atoms. The average molecular weight is 604 g/mol. The molecule has 11 nitrogen and oxygen atoms in total. The van der Waals surface area contributed by atoms with E-state index in [4.69, 9.17) is 0 Å². The highest BCUT2D eigenvalue weighted by Crippen LogP contribution is 2.36. The average Bonchev–Trinajstić information content (AvgIpc) is 3.44. The van der Waals surface area contributed by atoms with Crippen molar-refractivity contribution in [3.05, 3.63) is 53.3 Å². The van der Waals surface area contributed by atoms with Gasteiger partial charge in [-0.15, -0.1) is 10.2 Å². The first-order valence-corrected chi connectivity index (χ1v) is 15.7. The van der Waals surface area contributed by atoms with Crippen molar-refractivity contribution in [2.24, 2.45) is 5.92 Å². The number of nitrogens with zero attached hydrogens (tertiary/aromatic N) is 6. The second-order valence-corrected chi connectivity index (χ2v) is 12.4. The van der Waals surface area contributed by atoms with Crippen LogP contribution < -0.4 is 5.32 Å². The van der Waals surface area contributed by atoms with Crippen LogP contribution in [0.25, 0.3) is 17.1 Å². The van der Waals surface area contributed by atoms with Crippen LogP contribution in [0.1, 0.15) is 62.3 Å². The lowest BCUT2D eigenvalue weighted by Crippen LogP contribution is -2.48. The number of phenolic OH excluding ortho intramolecular Hbond substituents is 2. The van der Waals surface area contributed by atoms with Gasteiger partial charge in [-0.3, -0.25) is 19.1 Å². The van der Waals surface area contributed by atoms with E-state index in [1.54, 1.807) is 17.6 Å². The van der Waals surface area contributed by atoms with Crippen LogP contribution in [0, 0.1) is 5.92 Å². The first kappa shape index (κ1) is 31.5. The molecule has 5 rings (SSSR count). The van der Waals surface area contributed by atoms with Crippen molar-refractivity contribution in [3.63, 3.8) is 0 Å². The summed E-state index contributed by atoms with van der Waals surface area (Å²) in [5.74, 6) is 0.804. The Labute approximate surface area is 259 Å². The second kappa shape index (κ2) is 13.8. The molecule has 2 amide bonds. The van der Waals surface area contributed by atoms with Crippen molar-refractivity contribution >= 4 is 11.8 Å². The third-order valence-corrected chi connectivity index (χ3v) is 8.75. The van der Waals surface area contributed by atoms with Gasteiger partial charge in [-0.2, -0.15) is 0 Å². The molecule has 2 aliphatic heterocycles. The zero-order valence-electron chi connectivity index (χ0n) is 26.3. The number of amides is 2. The third-order valence-electron chi connectivity index (χ3n) is 8.75. The van der Waals surface area contributed by atoms with Gasteiger partial charge in [0.15, 0.2) is 5.82 Å². The number of carbonyl (C=O) groups excluding carboxylic acids is 2. The Hall–Kier alpha value is -3.96.